The molecule has 0 radical (unpaired) electrons. The fraction of sp³-hybridized carbons (Fsp3) is 0.574. The minimum Gasteiger partial charge on any atom is -0.464 e. The summed E-state index contributed by atoms with van der Waals surface area (Å²) in [6, 6.07) is 7.53. The van der Waals surface area contributed by atoms with Crippen LogP contribution in [0.25, 0.3) is 33.4 Å². The van der Waals surface area contributed by atoms with Gasteiger partial charge in [0.05, 0.1) is 40.9 Å². The van der Waals surface area contributed by atoms with E-state index < -0.39 is 41.3 Å². The molecule has 1 unspecified atom stereocenters. The summed E-state index contributed by atoms with van der Waals surface area (Å²) in [5.74, 6) is -1.32. The first-order chi connectivity index (χ1) is 30.0. The normalized spacial score (nSPS) is 21.1. The predicted octanol–water partition coefficient (Wildman–Crippen LogP) is 6.25. The van der Waals surface area contributed by atoms with E-state index in [2.05, 4.69) is 60.3 Å². The van der Waals surface area contributed by atoms with Gasteiger partial charge in [-0.1, -0.05) is 33.8 Å². The van der Waals surface area contributed by atoms with Gasteiger partial charge in [0.2, 0.25) is 5.91 Å². The largest absolute Gasteiger partial charge is 0.464 e. The van der Waals surface area contributed by atoms with Crippen LogP contribution in [0, 0.1) is 17.3 Å². The van der Waals surface area contributed by atoms with Crippen molar-refractivity contribution in [2.45, 2.75) is 111 Å². The van der Waals surface area contributed by atoms with Gasteiger partial charge in [-0.15, -0.1) is 11.3 Å². The number of hydrogen-bond acceptors (Lipinski definition) is 11. The number of amides is 4. The van der Waals surface area contributed by atoms with E-state index in [1.807, 2.05) is 39.1 Å². The first-order valence-corrected chi connectivity index (χ1v) is 23.1. The molecule has 2 N–H and O–H groups in total. The lowest BCUT2D eigenvalue weighted by atomic mass is 9.84. The average molecular weight is 885 g/mol. The van der Waals surface area contributed by atoms with Crippen LogP contribution in [0.15, 0.2) is 41.9 Å². The molecule has 6 bridgehead atoms. The Labute approximate surface area is 374 Å². The number of hydrazine groups is 1. The second-order valence-electron chi connectivity index (χ2n) is 18.5. The van der Waals surface area contributed by atoms with Crippen LogP contribution in [0.3, 0.4) is 0 Å². The number of benzene rings is 1. The van der Waals surface area contributed by atoms with Gasteiger partial charge in [0, 0.05) is 98.8 Å². The van der Waals surface area contributed by atoms with Crippen molar-refractivity contribution in [2.24, 2.45) is 17.3 Å². The van der Waals surface area contributed by atoms with Crippen molar-refractivity contribution in [1.82, 2.24) is 40.1 Å². The number of ether oxygens (including phenoxy) is 3. The van der Waals surface area contributed by atoms with Gasteiger partial charge in [-0.3, -0.25) is 24.4 Å². The third-order valence-corrected chi connectivity index (χ3v) is 13.9. The van der Waals surface area contributed by atoms with Crippen molar-refractivity contribution < 1.29 is 33.4 Å². The summed E-state index contributed by atoms with van der Waals surface area (Å²) >= 11 is 1.42. The summed E-state index contributed by atoms with van der Waals surface area (Å²) < 4.78 is 19.7. The highest BCUT2D eigenvalue weighted by Crippen LogP contribution is 2.42. The number of aromatic nitrogens is 3. The predicted molar refractivity (Wildman–Crippen MR) is 243 cm³/mol. The third kappa shape index (κ3) is 9.50. The minimum absolute atomic E-state index is 0.0163. The number of hydrogen-bond donors (Lipinski definition) is 2. The Hall–Kier alpha value is -4.90. The molecule has 3 aromatic heterocycles. The number of rotatable bonds is 10. The first-order valence-electron chi connectivity index (χ1n) is 22.2. The number of cyclic esters (lactones) is 1. The summed E-state index contributed by atoms with van der Waals surface area (Å²) in [6.45, 7) is 16.4. The highest BCUT2D eigenvalue weighted by molar-refractivity contribution is 7.10. The van der Waals surface area contributed by atoms with E-state index in [-0.39, 0.29) is 43.1 Å². The molecule has 5 atom stereocenters. The first kappa shape index (κ1) is 46.1. The second-order valence-corrected chi connectivity index (χ2v) is 19.4. The minimum atomic E-state index is -1.05. The number of aryl methyl sites for hydroxylation is 1. The van der Waals surface area contributed by atoms with E-state index in [4.69, 9.17) is 24.2 Å². The van der Waals surface area contributed by atoms with Gasteiger partial charge in [-0.25, -0.2) is 15.2 Å². The zero-order valence-electron chi connectivity index (χ0n) is 38.4. The van der Waals surface area contributed by atoms with Crippen LogP contribution in [0.2, 0.25) is 0 Å². The smallest absolute Gasteiger partial charge is 0.324 e. The lowest BCUT2D eigenvalue weighted by Gasteiger charge is -2.45. The number of carbonyl (C=O) groups is 4. The zero-order chi connectivity index (χ0) is 45.3. The molecule has 15 nitrogen and oxygen atoms in total. The summed E-state index contributed by atoms with van der Waals surface area (Å²) in [6.07, 6.45) is 3.30. The SMILES string of the molecule is CCn1c(-c2cccnc2[C@H](C)OC)c2c3cc(ccc31)-c1csc(n1)C[C@H](NC(=O)C(C(C)C)N(C)C(=O)N1CC([C@H](C)OC)C1)C(=O)N1CCC[C@H](N1)C(=O)OCC(C)(C)C2. The molecule has 16 heteroatoms. The number of fused-ring (bicyclic) bond motifs is 6. The Bertz CT molecular complexity index is 2320. The number of methoxy groups -OCH3 is 2. The van der Waals surface area contributed by atoms with Gasteiger partial charge in [0.1, 0.15) is 18.1 Å². The van der Waals surface area contributed by atoms with Gasteiger partial charge >= 0.3 is 12.0 Å². The van der Waals surface area contributed by atoms with Gasteiger partial charge in [-0.2, -0.15) is 0 Å². The molecule has 340 valence electrons. The molecular weight excluding hydrogens is 821 g/mol. The number of nitrogens with zero attached hydrogens (tertiary/aromatic N) is 6. The van der Waals surface area contributed by atoms with E-state index in [0.717, 1.165) is 44.7 Å². The van der Waals surface area contributed by atoms with E-state index in [9.17, 15) is 19.2 Å². The highest BCUT2D eigenvalue weighted by atomic mass is 32.1. The lowest BCUT2D eigenvalue weighted by Crippen LogP contribution is -2.63. The van der Waals surface area contributed by atoms with Crippen molar-refractivity contribution in [2.75, 3.05) is 47.5 Å². The quantitative estimate of drug-likeness (QED) is 0.175. The van der Waals surface area contributed by atoms with Gasteiger partial charge in [0.15, 0.2) is 0 Å². The molecule has 4 aromatic rings. The lowest BCUT2D eigenvalue weighted by molar-refractivity contribution is -0.155. The van der Waals surface area contributed by atoms with Gasteiger partial charge < -0.3 is 33.9 Å². The van der Waals surface area contributed by atoms with Crippen LogP contribution in [-0.2, 0) is 48.0 Å². The Morgan fingerprint density at radius 1 is 1.11 bits per heavy atom. The molecule has 2 saturated heterocycles. The van der Waals surface area contributed by atoms with E-state index in [1.165, 1.54) is 21.2 Å². The van der Waals surface area contributed by atoms with Crippen LogP contribution in [-0.4, -0.2) is 125 Å². The number of carbonyl (C=O) groups excluding carboxylic acids is 4. The van der Waals surface area contributed by atoms with Crippen molar-refractivity contribution in [3.8, 4) is 22.5 Å². The van der Waals surface area contributed by atoms with Crippen LogP contribution in [0.1, 0.15) is 83.7 Å². The van der Waals surface area contributed by atoms with Crippen molar-refractivity contribution >= 4 is 46.1 Å². The maximum Gasteiger partial charge on any atom is 0.324 e. The zero-order valence-corrected chi connectivity index (χ0v) is 39.2. The molecule has 4 amide bonds. The molecule has 3 aliphatic heterocycles. The van der Waals surface area contributed by atoms with Crippen LogP contribution in [0.4, 0.5) is 4.79 Å². The monoisotopic (exact) mass is 884 g/mol. The summed E-state index contributed by atoms with van der Waals surface area (Å²) in [5, 5.41) is 8.18. The molecule has 0 aliphatic carbocycles. The molecule has 7 rings (SSSR count). The van der Waals surface area contributed by atoms with E-state index in [0.29, 0.717) is 50.4 Å². The number of likely N-dealkylation sites (N-methyl/N-ethyl adjacent to an activating group) is 1. The molecule has 0 saturated carbocycles. The van der Waals surface area contributed by atoms with Crippen molar-refractivity contribution in [1.29, 1.82) is 0 Å². The van der Waals surface area contributed by atoms with E-state index in [1.54, 1.807) is 32.4 Å². The number of esters is 1. The molecule has 0 spiro atoms. The van der Waals surface area contributed by atoms with Crippen LogP contribution in [0.5, 0.6) is 0 Å². The fourth-order valence-electron chi connectivity index (χ4n) is 9.25. The summed E-state index contributed by atoms with van der Waals surface area (Å²) in [4.78, 5) is 69.5. The number of urea groups is 1. The van der Waals surface area contributed by atoms with Crippen molar-refractivity contribution in [3.63, 3.8) is 0 Å². The standard InChI is InChI=1S/C47H64N8O7S/c1-11-54-38-17-16-30-20-33(38)34(42(54)32-14-12-18-48-40(32)29(5)61-10)22-47(6,7)26-62-45(58)35-15-13-19-55(51-35)44(57)36(21-39-49-37(30)25-63-39)50-43(56)41(27(2)3)52(8)46(59)53-23-31(24-53)28(4)60-9/h12,14,16-18,20,25,27-29,31,35-36,41,51H,11,13,15,19,21-24,26H2,1-10H3,(H,50,56)/t28-,29-,35-,36-,41?/m0/s1. The van der Waals surface area contributed by atoms with Gasteiger partial charge in [-0.05, 0) is 75.8 Å². The number of nitrogens with one attached hydrogen (secondary N) is 2. The number of pyridine rings is 1. The highest BCUT2D eigenvalue weighted by Gasteiger charge is 2.41. The maximum atomic E-state index is 14.6. The molecule has 6 heterocycles. The number of likely N-dealkylation sites (tertiary alicyclic amines) is 1. The molecule has 63 heavy (non-hydrogen) atoms. The fourth-order valence-corrected chi connectivity index (χ4v) is 10.1. The van der Waals surface area contributed by atoms with Crippen LogP contribution < -0.4 is 10.7 Å². The average Bonchev–Trinajstić information content (AvgIpc) is 3.85. The molecular formula is C47H64N8O7S. The number of thiazole rings is 1. The Balaban J connectivity index is 1.27. The topological polar surface area (TPSA) is 160 Å². The molecule has 2 fully saturated rings. The summed E-state index contributed by atoms with van der Waals surface area (Å²) in [5.41, 5.74) is 9.37. The van der Waals surface area contributed by atoms with Gasteiger partial charge in [0.25, 0.3) is 5.91 Å². The van der Waals surface area contributed by atoms with E-state index >= 15 is 0 Å². The van der Waals surface area contributed by atoms with Crippen molar-refractivity contribution in [3.05, 3.63) is 58.2 Å². The Morgan fingerprint density at radius 3 is 2.57 bits per heavy atom. The maximum absolute atomic E-state index is 14.6. The Kier molecular flexibility index (Phi) is 13.9. The molecule has 1 aromatic carbocycles. The Morgan fingerprint density at radius 2 is 1.87 bits per heavy atom. The second kappa shape index (κ2) is 19.1. The van der Waals surface area contributed by atoms with Crippen LogP contribution >= 0.6 is 11.3 Å². The molecule has 3 aliphatic rings. The third-order valence-electron chi connectivity index (χ3n) is 13.0. The summed E-state index contributed by atoms with van der Waals surface area (Å²) in [7, 11) is 4.99.